The molecule has 0 amide bonds. The topological polar surface area (TPSA) is 48.3 Å². The van der Waals surface area contributed by atoms with Gasteiger partial charge in [0.25, 0.3) is 0 Å². The van der Waals surface area contributed by atoms with E-state index in [2.05, 4.69) is 18.0 Å². The lowest BCUT2D eigenvalue weighted by Gasteiger charge is -2.34. The van der Waals surface area contributed by atoms with E-state index in [0.717, 1.165) is 43.1 Å². The Balaban J connectivity index is 0.00000123. The third kappa shape index (κ3) is 5.58. The van der Waals surface area contributed by atoms with Crippen molar-refractivity contribution in [1.82, 2.24) is 10.2 Å². The van der Waals surface area contributed by atoms with Gasteiger partial charge in [-0.05, 0) is 32.8 Å². The van der Waals surface area contributed by atoms with Gasteiger partial charge in [-0.1, -0.05) is 40.3 Å². The van der Waals surface area contributed by atoms with E-state index >= 15 is 0 Å². The molecule has 0 atom stereocenters. The molecule has 0 spiro atoms. The highest BCUT2D eigenvalue weighted by Gasteiger charge is 2.24. The summed E-state index contributed by atoms with van der Waals surface area (Å²) >= 11 is 0. The molecule has 0 aliphatic carbocycles. The van der Waals surface area contributed by atoms with Crippen molar-refractivity contribution >= 4 is 0 Å². The van der Waals surface area contributed by atoms with E-state index in [-0.39, 0.29) is 0 Å². The van der Waals surface area contributed by atoms with E-state index in [1.807, 2.05) is 58.6 Å². The summed E-state index contributed by atoms with van der Waals surface area (Å²) in [6, 6.07) is 2.65. The van der Waals surface area contributed by atoms with Crippen LogP contribution >= 0.6 is 0 Å². The van der Waals surface area contributed by atoms with E-state index in [1.54, 1.807) is 6.20 Å². The van der Waals surface area contributed by atoms with Gasteiger partial charge in [-0.15, -0.1) is 0 Å². The average molecular weight is 332 g/mol. The Kier molecular flexibility index (Phi) is 11.4. The van der Waals surface area contributed by atoms with Crippen molar-refractivity contribution in [3.63, 3.8) is 0 Å². The summed E-state index contributed by atoms with van der Waals surface area (Å²) in [5.41, 5.74) is 2.63. The van der Waals surface area contributed by atoms with Gasteiger partial charge in [0.2, 0.25) is 0 Å². The van der Waals surface area contributed by atoms with Crippen molar-refractivity contribution in [3.05, 3.63) is 47.6 Å². The molecule has 2 aliphatic rings. The van der Waals surface area contributed by atoms with Crippen LogP contribution in [0.2, 0.25) is 0 Å². The summed E-state index contributed by atoms with van der Waals surface area (Å²) in [6.45, 7) is 17.4. The zero-order valence-corrected chi connectivity index (χ0v) is 16.1. The Labute approximate surface area is 148 Å². The highest BCUT2D eigenvalue weighted by molar-refractivity contribution is 5.52. The standard InChI is InChI=1S/C16H21N3O.2C2H6/c1-4-15-10-13(11-17)12(3)16(19(15)5-2)18-14-6-8-20-9-7-14;2*1-2/h4-5,10,14,18H,2,6-9H2,1,3H3;2*1-2H3/b15-4-;;. The summed E-state index contributed by atoms with van der Waals surface area (Å²) < 4.78 is 5.39. The molecular formula is C20H33N3O. The average Bonchev–Trinajstić information content (AvgIpc) is 2.67. The normalized spacial score (nSPS) is 19.3. The fourth-order valence-electron chi connectivity index (χ4n) is 2.51. The number of rotatable bonds is 3. The van der Waals surface area contributed by atoms with Crippen LogP contribution in [0.4, 0.5) is 0 Å². The molecule has 4 nitrogen and oxygen atoms in total. The molecule has 0 saturated carbocycles. The number of ether oxygens (including phenoxy) is 1. The van der Waals surface area contributed by atoms with E-state index in [1.165, 1.54) is 0 Å². The van der Waals surface area contributed by atoms with Gasteiger partial charge >= 0.3 is 0 Å². The largest absolute Gasteiger partial charge is 0.381 e. The Bertz CT molecular complexity index is 517. The summed E-state index contributed by atoms with van der Waals surface area (Å²) in [6.07, 6.45) is 7.63. The van der Waals surface area contributed by atoms with Crippen molar-refractivity contribution < 1.29 is 4.74 Å². The molecule has 0 aromatic rings. The van der Waals surface area contributed by atoms with Crippen LogP contribution in [-0.4, -0.2) is 24.2 Å². The minimum atomic E-state index is 0.382. The Morgan fingerprint density at radius 3 is 2.33 bits per heavy atom. The minimum Gasteiger partial charge on any atom is -0.381 e. The van der Waals surface area contributed by atoms with Crippen LogP contribution in [0.25, 0.3) is 0 Å². The van der Waals surface area contributed by atoms with Gasteiger partial charge in [0, 0.05) is 36.7 Å². The molecule has 1 saturated heterocycles. The summed E-state index contributed by atoms with van der Waals surface area (Å²) in [5.74, 6) is 0.957. The SMILES string of the molecule is C=CN1C(NC2CCOCC2)=C(C)C(C#N)=C/C1=C/C.CC.CC. The van der Waals surface area contributed by atoms with Gasteiger partial charge in [-0.3, -0.25) is 0 Å². The second-order valence-electron chi connectivity index (χ2n) is 4.94. The minimum absolute atomic E-state index is 0.382. The monoisotopic (exact) mass is 331 g/mol. The van der Waals surface area contributed by atoms with Crippen LogP contribution in [0.1, 0.15) is 54.4 Å². The predicted octanol–water partition coefficient (Wildman–Crippen LogP) is 4.85. The Hall–Kier alpha value is -1.99. The molecule has 0 radical (unpaired) electrons. The summed E-state index contributed by atoms with van der Waals surface area (Å²) in [5, 5.41) is 12.8. The van der Waals surface area contributed by atoms with E-state index in [9.17, 15) is 5.26 Å². The van der Waals surface area contributed by atoms with Crippen molar-refractivity contribution in [2.24, 2.45) is 0 Å². The fraction of sp³-hybridized carbons (Fsp3) is 0.550. The Morgan fingerprint density at radius 2 is 1.88 bits per heavy atom. The predicted molar refractivity (Wildman–Crippen MR) is 102 cm³/mol. The molecule has 0 bridgehead atoms. The lowest BCUT2D eigenvalue weighted by atomic mass is 10.0. The maximum absolute atomic E-state index is 9.29. The zero-order valence-electron chi connectivity index (χ0n) is 16.1. The van der Waals surface area contributed by atoms with Gasteiger partial charge in [0.05, 0.1) is 11.6 Å². The molecule has 0 aromatic carbocycles. The molecule has 134 valence electrons. The molecule has 2 aliphatic heterocycles. The first-order valence-electron chi connectivity index (χ1n) is 8.96. The van der Waals surface area contributed by atoms with Crippen LogP contribution in [0.15, 0.2) is 47.6 Å². The van der Waals surface area contributed by atoms with E-state index in [0.29, 0.717) is 11.6 Å². The highest BCUT2D eigenvalue weighted by Crippen LogP contribution is 2.28. The van der Waals surface area contributed by atoms with Gasteiger partial charge in [-0.25, -0.2) is 0 Å². The number of nitrogens with one attached hydrogen (secondary N) is 1. The Morgan fingerprint density at radius 1 is 1.29 bits per heavy atom. The second-order valence-corrected chi connectivity index (χ2v) is 4.94. The molecule has 1 N–H and O–H groups in total. The van der Waals surface area contributed by atoms with Crippen LogP contribution in [0, 0.1) is 11.3 Å². The lowest BCUT2D eigenvalue weighted by molar-refractivity contribution is 0.0788. The summed E-state index contributed by atoms with van der Waals surface area (Å²) in [4.78, 5) is 2.01. The maximum atomic E-state index is 9.29. The lowest BCUT2D eigenvalue weighted by Crippen LogP contribution is -2.40. The highest BCUT2D eigenvalue weighted by atomic mass is 16.5. The number of hydrogen-bond acceptors (Lipinski definition) is 4. The van der Waals surface area contributed by atoms with Crippen molar-refractivity contribution in [2.45, 2.75) is 60.4 Å². The van der Waals surface area contributed by atoms with Crippen LogP contribution in [0.3, 0.4) is 0 Å². The molecule has 2 rings (SSSR count). The molecule has 24 heavy (non-hydrogen) atoms. The smallest absolute Gasteiger partial charge is 0.114 e. The first kappa shape index (κ1) is 22.0. The van der Waals surface area contributed by atoms with Crippen molar-refractivity contribution in [2.75, 3.05) is 13.2 Å². The van der Waals surface area contributed by atoms with E-state index < -0.39 is 0 Å². The van der Waals surface area contributed by atoms with Gasteiger partial charge in [0.1, 0.15) is 5.82 Å². The molecular weight excluding hydrogens is 298 g/mol. The van der Waals surface area contributed by atoms with Crippen LogP contribution in [-0.2, 0) is 4.74 Å². The summed E-state index contributed by atoms with van der Waals surface area (Å²) in [7, 11) is 0. The number of nitriles is 1. The molecule has 0 unspecified atom stereocenters. The van der Waals surface area contributed by atoms with Crippen LogP contribution in [0.5, 0.6) is 0 Å². The molecule has 0 aromatic heterocycles. The molecule has 1 fully saturated rings. The third-order valence-electron chi connectivity index (χ3n) is 3.73. The second kappa shape index (κ2) is 12.4. The zero-order chi connectivity index (χ0) is 18.5. The van der Waals surface area contributed by atoms with Gasteiger partial charge < -0.3 is 15.0 Å². The van der Waals surface area contributed by atoms with Gasteiger partial charge in [0.15, 0.2) is 0 Å². The number of allylic oxidation sites excluding steroid dienone is 4. The maximum Gasteiger partial charge on any atom is 0.114 e. The van der Waals surface area contributed by atoms with E-state index in [4.69, 9.17) is 4.74 Å². The molecule has 2 heterocycles. The number of nitrogens with zero attached hydrogens (tertiary/aromatic N) is 2. The van der Waals surface area contributed by atoms with Crippen molar-refractivity contribution in [3.8, 4) is 6.07 Å². The molecule has 4 heteroatoms. The van der Waals surface area contributed by atoms with Crippen molar-refractivity contribution in [1.29, 1.82) is 5.26 Å². The van der Waals surface area contributed by atoms with Crippen LogP contribution < -0.4 is 5.32 Å². The van der Waals surface area contributed by atoms with Gasteiger partial charge in [-0.2, -0.15) is 5.26 Å². The number of hydrogen-bond donors (Lipinski definition) is 1. The first-order chi connectivity index (χ1) is 11.7. The third-order valence-corrected chi connectivity index (χ3v) is 3.73. The quantitative estimate of drug-likeness (QED) is 0.803. The fourth-order valence-corrected chi connectivity index (χ4v) is 2.51. The first-order valence-corrected chi connectivity index (χ1v) is 8.96.